The summed E-state index contributed by atoms with van der Waals surface area (Å²) < 4.78 is 11.3. The van der Waals surface area contributed by atoms with Crippen LogP contribution < -0.4 is 14.8 Å². The Bertz CT molecular complexity index is 776. The minimum Gasteiger partial charge on any atom is -0.493 e. The number of likely N-dealkylation sites (tertiary alicyclic amines) is 1. The van der Waals surface area contributed by atoms with Crippen molar-refractivity contribution in [2.24, 2.45) is 5.92 Å². The molecule has 1 aliphatic rings. The second-order valence-electron chi connectivity index (χ2n) is 6.83. The van der Waals surface area contributed by atoms with E-state index in [0.29, 0.717) is 29.6 Å². The molecule has 2 aromatic rings. The lowest BCUT2D eigenvalue weighted by Crippen LogP contribution is -2.42. The zero-order valence-corrected chi connectivity index (χ0v) is 17.0. The summed E-state index contributed by atoms with van der Waals surface area (Å²) in [5, 5.41) is 6.21. The van der Waals surface area contributed by atoms with Gasteiger partial charge in [0.1, 0.15) is 6.61 Å². The van der Waals surface area contributed by atoms with E-state index in [0.717, 1.165) is 43.2 Å². The number of hydrogen-bond acceptors (Lipinski definition) is 6. The number of aryl methyl sites for hydroxylation is 1. The number of amides is 1. The monoisotopic (exact) mass is 389 g/mol. The molecule has 1 fully saturated rings. The molecule has 3 rings (SSSR count). The summed E-state index contributed by atoms with van der Waals surface area (Å²) in [5.74, 6) is 1.75. The van der Waals surface area contributed by atoms with E-state index < -0.39 is 0 Å². The van der Waals surface area contributed by atoms with Gasteiger partial charge in [-0.1, -0.05) is 0 Å². The van der Waals surface area contributed by atoms with E-state index in [1.165, 1.54) is 0 Å². The van der Waals surface area contributed by atoms with E-state index in [2.05, 4.69) is 10.3 Å². The van der Waals surface area contributed by atoms with Gasteiger partial charge in [0.2, 0.25) is 0 Å². The smallest absolute Gasteiger partial charge is 0.254 e. The van der Waals surface area contributed by atoms with Crippen LogP contribution in [0.15, 0.2) is 23.6 Å². The maximum absolute atomic E-state index is 12.9. The van der Waals surface area contributed by atoms with E-state index in [1.807, 2.05) is 30.3 Å². The summed E-state index contributed by atoms with van der Waals surface area (Å²) in [6, 6.07) is 5.39. The van der Waals surface area contributed by atoms with Crippen molar-refractivity contribution in [2.45, 2.75) is 26.4 Å². The molecule has 6 nitrogen and oxygen atoms in total. The van der Waals surface area contributed by atoms with Crippen LogP contribution in [0.5, 0.6) is 11.5 Å². The quantitative estimate of drug-likeness (QED) is 0.788. The van der Waals surface area contributed by atoms with Crippen LogP contribution in [0.3, 0.4) is 0 Å². The molecule has 1 N–H and O–H groups in total. The normalized spacial score (nSPS) is 17.0. The van der Waals surface area contributed by atoms with Gasteiger partial charge < -0.3 is 19.7 Å². The highest BCUT2D eigenvalue weighted by molar-refractivity contribution is 7.09. The second-order valence-corrected chi connectivity index (χ2v) is 7.89. The summed E-state index contributed by atoms with van der Waals surface area (Å²) >= 11 is 1.60. The fraction of sp³-hybridized carbons (Fsp3) is 0.500. The average Bonchev–Trinajstić information content (AvgIpc) is 3.11. The van der Waals surface area contributed by atoms with Crippen molar-refractivity contribution >= 4 is 17.2 Å². The Morgan fingerprint density at radius 2 is 2.26 bits per heavy atom. The van der Waals surface area contributed by atoms with E-state index in [1.54, 1.807) is 30.6 Å². The highest BCUT2D eigenvalue weighted by Gasteiger charge is 2.24. The summed E-state index contributed by atoms with van der Waals surface area (Å²) in [4.78, 5) is 19.3. The zero-order valence-electron chi connectivity index (χ0n) is 16.2. The van der Waals surface area contributed by atoms with Gasteiger partial charge >= 0.3 is 0 Å². The lowest BCUT2D eigenvalue weighted by molar-refractivity contribution is 0.0674. The summed E-state index contributed by atoms with van der Waals surface area (Å²) in [5.41, 5.74) is 1.53. The Morgan fingerprint density at radius 1 is 1.41 bits per heavy atom. The molecule has 146 valence electrons. The van der Waals surface area contributed by atoms with Crippen LogP contribution in [-0.2, 0) is 6.61 Å². The number of piperidine rings is 1. The Morgan fingerprint density at radius 3 is 2.96 bits per heavy atom. The molecule has 0 unspecified atom stereocenters. The van der Waals surface area contributed by atoms with E-state index in [-0.39, 0.29) is 5.91 Å². The number of benzene rings is 1. The van der Waals surface area contributed by atoms with Gasteiger partial charge in [0.15, 0.2) is 11.5 Å². The third-order valence-electron chi connectivity index (χ3n) is 4.75. The molecule has 0 bridgehead atoms. The van der Waals surface area contributed by atoms with Crippen LogP contribution >= 0.6 is 11.3 Å². The van der Waals surface area contributed by atoms with Crippen LogP contribution in [0.2, 0.25) is 0 Å². The lowest BCUT2D eigenvalue weighted by atomic mass is 9.97. The van der Waals surface area contributed by atoms with Crippen molar-refractivity contribution in [3.8, 4) is 11.5 Å². The lowest BCUT2D eigenvalue weighted by Gasteiger charge is -2.32. The molecule has 2 heterocycles. The number of carbonyl (C=O) groups excluding carboxylic acids is 1. The summed E-state index contributed by atoms with van der Waals surface area (Å²) in [6.07, 6.45) is 2.21. The van der Waals surface area contributed by atoms with Gasteiger partial charge in [-0.2, -0.15) is 0 Å². The van der Waals surface area contributed by atoms with Gasteiger partial charge in [-0.3, -0.25) is 4.79 Å². The Kier molecular flexibility index (Phi) is 6.68. The molecule has 0 spiro atoms. The predicted molar refractivity (Wildman–Crippen MR) is 107 cm³/mol. The first kappa shape index (κ1) is 19.6. The molecule has 1 aliphatic heterocycles. The average molecular weight is 390 g/mol. The van der Waals surface area contributed by atoms with Crippen LogP contribution in [0, 0.1) is 12.8 Å². The van der Waals surface area contributed by atoms with Crippen molar-refractivity contribution in [3.05, 3.63) is 39.8 Å². The van der Waals surface area contributed by atoms with Gasteiger partial charge in [-0.25, -0.2) is 4.98 Å². The molecule has 27 heavy (non-hydrogen) atoms. The third kappa shape index (κ3) is 4.99. The largest absolute Gasteiger partial charge is 0.493 e. The SMILES string of the molecule is CNC[C@H]1CCCN(C(=O)c2ccc(OCc3csc(C)n3)c(OC)c2)C1. The molecule has 0 aliphatic carbocycles. The summed E-state index contributed by atoms with van der Waals surface area (Å²) in [6.45, 7) is 4.89. The Hall–Kier alpha value is -2.12. The minimum atomic E-state index is 0.0516. The Balaban J connectivity index is 1.68. The molecule has 0 radical (unpaired) electrons. The number of rotatable bonds is 7. The van der Waals surface area contributed by atoms with Crippen LogP contribution in [0.4, 0.5) is 0 Å². The minimum absolute atomic E-state index is 0.0516. The fourth-order valence-corrected chi connectivity index (χ4v) is 4.03. The van der Waals surface area contributed by atoms with Crippen molar-refractivity contribution in [2.75, 3.05) is 33.8 Å². The van der Waals surface area contributed by atoms with Gasteiger partial charge in [0.25, 0.3) is 5.91 Å². The first-order valence-electron chi connectivity index (χ1n) is 9.26. The van der Waals surface area contributed by atoms with Gasteiger partial charge in [0.05, 0.1) is 17.8 Å². The van der Waals surface area contributed by atoms with Gasteiger partial charge in [0, 0.05) is 24.0 Å². The number of methoxy groups -OCH3 is 1. The van der Waals surface area contributed by atoms with Crippen LogP contribution in [0.25, 0.3) is 0 Å². The Labute approximate surface area is 164 Å². The van der Waals surface area contributed by atoms with Crippen molar-refractivity contribution in [3.63, 3.8) is 0 Å². The molecule has 0 saturated carbocycles. The van der Waals surface area contributed by atoms with E-state index in [9.17, 15) is 4.79 Å². The molecule has 1 aromatic heterocycles. The van der Waals surface area contributed by atoms with E-state index >= 15 is 0 Å². The fourth-order valence-electron chi connectivity index (χ4n) is 3.43. The van der Waals surface area contributed by atoms with E-state index in [4.69, 9.17) is 9.47 Å². The first-order chi connectivity index (χ1) is 13.1. The van der Waals surface area contributed by atoms with Gasteiger partial charge in [-0.05, 0) is 57.5 Å². The molecular weight excluding hydrogens is 362 g/mol. The molecule has 1 amide bonds. The number of aromatic nitrogens is 1. The third-order valence-corrected chi connectivity index (χ3v) is 5.57. The zero-order chi connectivity index (χ0) is 19.2. The number of ether oxygens (including phenoxy) is 2. The maximum Gasteiger partial charge on any atom is 0.254 e. The predicted octanol–water partition coefficient (Wildman–Crippen LogP) is 3.11. The number of hydrogen-bond donors (Lipinski definition) is 1. The molecule has 1 aromatic carbocycles. The maximum atomic E-state index is 12.9. The summed E-state index contributed by atoms with van der Waals surface area (Å²) in [7, 11) is 3.55. The topological polar surface area (TPSA) is 63.7 Å². The molecular formula is C20H27N3O3S. The molecule has 1 atom stereocenters. The van der Waals surface area contributed by atoms with Crippen LogP contribution in [-0.4, -0.2) is 49.6 Å². The highest BCUT2D eigenvalue weighted by Crippen LogP contribution is 2.30. The highest BCUT2D eigenvalue weighted by atomic mass is 32.1. The first-order valence-corrected chi connectivity index (χ1v) is 10.1. The van der Waals surface area contributed by atoms with Crippen LogP contribution in [0.1, 0.15) is 33.9 Å². The second kappa shape index (κ2) is 9.19. The molecule has 1 saturated heterocycles. The standard InChI is InChI=1S/C20H27N3O3S/c1-14-22-17(13-27-14)12-26-18-7-6-16(9-19(18)25-3)20(24)23-8-4-5-15(11-23)10-21-2/h6-7,9,13,15,21H,4-5,8,10-12H2,1-3H3/t15-/m1/s1. The number of carbonyl (C=O) groups is 1. The number of nitrogens with zero attached hydrogens (tertiary/aromatic N) is 2. The molecule has 7 heteroatoms. The van der Waals surface area contributed by atoms with Crippen molar-refractivity contribution < 1.29 is 14.3 Å². The number of nitrogens with one attached hydrogen (secondary N) is 1. The van der Waals surface area contributed by atoms with Gasteiger partial charge in [-0.15, -0.1) is 11.3 Å². The number of thiazole rings is 1. The van der Waals surface area contributed by atoms with Crippen molar-refractivity contribution in [1.82, 2.24) is 15.2 Å². The van der Waals surface area contributed by atoms with Crippen molar-refractivity contribution in [1.29, 1.82) is 0 Å².